The quantitative estimate of drug-likeness (QED) is 0.769. The molecule has 0 aromatic carbocycles. The van der Waals surface area contributed by atoms with Gasteiger partial charge in [-0.1, -0.05) is 5.10 Å². The molecule has 0 radical (unpaired) electrons. The lowest BCUT2D eigenvalue weighted by Gasteiger charge is -2.12. The summed E-state index contributed by atoms with van der Waals surface area (Å²) in [7, 11) is 0. The summed E-state index contributed by atoms with van der Waals surface area (Å²) < 4.78 is 5.65. The van der Waals surface area contributed by atoms with Gasteiger partial charge in [0.05, 0.1) is 6.54 Å². The number of nitrogens with zero attached hydrogens (tertiary/aromatic N) is 3. The second-order valence-electron chi connectivity index (χ2n) is 5.25. The van der Waals surface area contributed by atoms with Crippen LogP contribution in [0.2, 0.25) is 0 Å². The number of aromatic nitrogens is 2. The molecule has 1 atom stereocenters. The molecule has 100 valence electrons. The monoisotopic (exact) mass is 252 g/mol. The molecule has 0 bridgehead atoms. The summed E-state index contributed by atoms with van der Waals surface area (Å²) in [4.78, 5) is 2.12. The molecule has 0 amide bonds. The van der Waals surface area contributed by atoms with Crippen LogP contribution in [-0.4, -0.2) is 41.0 Å². The topological polar surface area (TPSA) is 74.4 Å². The van der Waals surface area contributed by atoms with Crippen LogP contribution < -0.4 is 10.2 Å². The minimum atomic E-state index is 0.263. The Morgan fingerprint density at radius 3 is 3.00 bits per heavy atom. The molecule has 6 heteroatoms. The van der Waals surface area contributed by atoms with Crippen molar-refractivity contribution in [3.05, 3.63) is 5.89 Å². The Balaban J connectivity index is 1.52. The molecule has 2 N–H and O–H groups in total. The van der Waals surface area contributed by atoms with Gasteiger partial charge in [-0.05, 0) is 31.6 Å². The van der Waals surface area contributed by atoms with Gasteiger partial charge in [-0.2, -0.15) is 0 Å². The van der Waals surface area contributed by atoms with Crippen LogP contribution in [0, 0.1) is 5.92 Å². The van der Waals surface area contributed by atoms with E-state index in [0.29, 0.717) is 30.4 Å². The second-order valence-corrected chi connectivity index (χ2v) is 5.25. The molecule has 6 nitrogen and oxygen atoms in total. The lowest BCUT2D eigenvalue weighted by Crippen LogP contribution is -2.20. The smallest absolute Gasteiger partial charge is 0.318 e. The Morgan fingerprint density at radius 1 is 1.33 bits per heavy atom. The molecule has 2 heterocycles. The fraction of sp³-hybridized carbons (Fsp3) is 0.833. The van der Waals surface area contributed by atoms with Gasteiger partial charge < -0.3 is 19.7 Å². The summed E-state index contributed by atoms with van der Waals surface area (Å²) in [5.74, 6) is 1.22. The lowest BCUT2D eigenvalue weighted by molar-refractivity contribution is 0.263. The maximum absolute atomic E-state index is 8.94. The molecule has 1 saturated heterocycles. The summed E-state index contributed by atoms with van der Waals surface area (Å²) in [6.45, 7) is 2.80. The minimum Gasteiger partial charge on any atom is -0.407 e. The van der Waals surface area contributed by atoms with Crippen LogP contribution in [0.1, 0.15) is 31.6 Å². The first-order valence-corrected chi connectivity index (χ1v) is 6.76. The van der Waals surface area contributed by atoms with E-state index in [1.54, 1.807) is 0 Å². The zero-order valence-electron chi connectivity index (χ0n) is 10.5. The third-order valence-electron chi connectivity index (χ3n) is 3.67. The highest BCUT2D eigenvalue weighted by Gasteiger charge is 2.26. The lowest BCUT2D eigenvalue weighted by atomic mass is 10.1. The van der Waals surface area contributed by atoms with Crippen LogP contribution in [0.5, 0.6) is 0 Å². The number of nitrogens with one attached hydrogen (secondary N) is 1. The molecule has 3 rings (SSSR count). The summed E-state index contributed by atoms with van der Waals surface area (Å²) in [5, 5.41) is 20.5. The SMILES string of the molecule is OCCC1CCN(c2nnc(CNC3CC3)o2)C1. The van der Waals surface area contributed by atoms with Crippen LogP contribution in [0.3, 0.4) is 0 Å². The van der Waals surface area contributed by atoms with E-state index in [0.717, 1.165) is 25.9 Å². The first-order valence-electron chi connectivity index (χ1n) is 6.76. The normalized spacial score (nSPS) is 23.8. The molecule has 1 unspecified atom stereocenters. The Kier molecular flexibility index (Phi) is 3.47. The molecular weight excluding hydrogens is 232 g/mol. The van der Waals surface area contributed by atoms with Gasteiger partial charge in [0.1, 0.15) is 0 Å². The number of hydrogen-bond acceptors (Lipinski definition) is 6. The Morgan fingerprint density at radius 2 is 2.22 bits per heavy atom. The average Bonchev–Trinajstić information content (AvgIpc) is 2.90. The number of rotatable bonds is 6. The molecule has 2 aliphatic rings. The molecule has 18 heavy (non-hydrogen) atoms. The van der Waals surface area contributed by atoms with Gasteiger partial charge in [-0.15, -0.1) is 5.10 Å². The first kappa shape index (κ1) is 11.9. The number of anilines is 1. The van der Waals surface area contributed by atoms with Crippen molar-refractivity contribution in [2.75, 3.05) is 24.6 Å². The van der Waals surface area contributed by atoms with Crippen LogP contribution in [0.4, 0.5) is 6.01 Å². The molecule has 1 aromatic rings. The van der Waals surface area contributed by atoms with E-state index in [2.05, 4.69) is 20.4 Å². The summed E-state index contributed by atoms with van der Waals surface area (Å²) >= 11 is 0. The maximum Gasteiger partial charge on any atom is 0.318 e. The molecule has 0 spiro atoms. The molecule has 2 fully saturated rings. The Bertz CT molecular complexity index is 391. The molecule has 1 saturated carbocycles. The van der Waals surface area contributed by atoms with Gasteiger partial charge in [-0.25, -0.2) is 0 Å². The van der Waals surface area contributed by atoms with Crippen molar-refractivity contribution in [3.8, 4) is 0 Å². The molecule has 1 aliphatic carbocycles. The summed E-state index contributed by atoms with van der Waals surface area (Å²) in [6, 6.07) is 1.28. The Labute approximate surface area is 106 Å². The average molecular weight is 252 g/mol. The van der Waals surface area contributed by atoms with E-state index in [4.69, 9.17) is 9.52 Å². The largest absolute Gasteiger partial charge is 0.407 e. The number of aliphatic hydroxyl groups is 1. The highest BCUT2D eigenvalue weighted by Crippen LogP contribution is 2.25. The molecule has 1 aromatic heterocycles. The van der Waals surface area contributed by atoms with Gasteiger partial charge >= 0.3 is 6.01 Å². The van der Waals surface area contributed by atoms with E-state index >= 15 is 0 Å². The third-order valence-corrected chi connectivity index (χ3v) is 3.67. The fourth-order valence-electron chi connectivity index (χ4n) is 2.39. The Hall–Kier alpha value is -1.14. The van der Waals surface area contributed by atoms with Crippen LogP contribution in [0.25, 0.3) is 0 Å². The minimum absolute atomic E-state index is 0.263. The van der Waals surface area contributed by atoms with Gasteiger partial charge in [-0.3, -0.25) is 0 Å². The fourth-order valence-corrected chi connectivity index (χ4v) is 2.39. The van der Waals surface area contributed by atoms with Gasteiger partial charge in [0.25, 0.3) is 0 Å². The number of hydrogen-bond donors (Lipinski definition) is 2. The van der Waals surface area contributed by atoms with E-state index in [-0.39, 0.29) is 6.61 Å². The summed E-state index contributed by atoms with van der Waals surface area (Å²) in [6.07, 6.45) is 4.48. The van der Waals surface area contributed by atoms with Crippen LogP contribution in [0.15, 0.2) is 4.42 Å². The first-order chi connectivity index (χ1) is 8.85. The number of aliphatic hydroxyl groups excluding tert-OH is 1. The van der Waals surface area contributed by atoms with E-state index < -0.39 is 0 Å². The second kappa shape index (κ2) is 5.24. The highest BCUT2D eigenvalue weighted by atomic mass is 16.4. The van der Waals surface area contributed by atoms with E-state index in [1.807, 2.05) is 0 Å². The van der Waals surface area contributed by atoms with E-state index in [9.17, 15) is 0 Å². The van der Waals surface area contributed by atoms with Crippen molar-refractivity contribution in [2.45, 2.75) is 38.3 Å². The zero-order chi connectivity index (χ0) is 12.4. The third kappa shape index (κ3) is 2.81. The maximum atomic E-state index is 8.94. The van der Waals surface area contributed by atoms with Crippen molar-refractivity contribution < 1.29 is 9.52 Å². The van der Waals surface area contributed by atoms with Crippen LogP contribution in [-0.2, 0) is 6.54 Å². The van der Waals surface area contributed by atoms with Crippen LogP contribution >= 0.6 is 0 Å². The van der Waals surface area contributed by atoms with Gasteiger partial charge in [0.15, 0.2) is 0 Å². The summed E-state index contributed by atoms with van der Waals surface area (Å²) in [5.41, 5.74) is 0. The van der Waals surface area contributed by atoms with E-state index in [1.165, 1.54) is 12.8 Å². The molecular formula is C12H20N4O2. The van der Waals surface area contributed by atoms with Crippen molar-refractivity contribution >= 4 is 6.01 Å². The van der Waals surface area contributed by atoms with Crippen molar-refractivity contribution in [2.24, 2.45) is 5.92 Å². The van der Waals surface area contributed by atoms with Crippen molar-refractivity contribution in [3.63, 3.8) is 0 Å². The van der Waals surface area contributed by atoms with Crippen molar-refractivity contribution in [1.29, 1.82) is 0 Å². The molecule has 1 aliphatic heterocycles. The predicted octanol–water partition coefficient (Wildman–Crippen LogP) is 0.530. The van der Waals surface area contributed by atoms with Gasteiger partial charge in [0.2, 0.25) is 5.89 Å². The standard InChI is InChI=1S/C12H20N4O2/c17-6-4-9-3-5-16(8-9)12-15-14-11(18-12)7-13-10-1-2-10/h9-10,13,17H,1-8H2. The predicted molar refractivity (Wildman–Crippen MR) is 66.2 cm³/mol. The van der Waals surface area contributed by atoms with Gasteiger partial charge in [0, 0.05) is 25.7 Å². The van der Waals surface area contributed by atoms with Crippen molar-refractivity contribution in [1.82, 2.24) is 15.5 Å². The highest BCUT2D eigenvalue weighted by molar-refractivity contribution is 5.26. The zero-order valence-corrected chi connectivity index (χ0v) is 10.5.